The lowest BCUT2D eigenvalue weighted by molar-refractivity contribution is -0.147. The number of carboxylic acids is 1. The molecule has 3 amide bonds. The number of aromatic nitrogens is 3. The summed E-state index contributed by atoms with van der Waals surface area (Å²) in [4.78, 5) is 65.3. The molecular formula is C50H61N9O8S. The van der Waals surface area contributed by atoms with Crippen molar-refractivity contribution in [2.24, 2.45) is 5.41 Å². The first-order chi connectivity index (χ1) is 32.3. The quantitative estimate of drug-likeness (QED) is 0.0874. The molecule has 3 aromatic heterocycles. The van der Waals surface area contributed by atoms with Gasteiger partial charge in [-0.3, -0.25) is 14.6 Å². The maximum Gasteiger partial charge on any atom is 0.410 e. The monoisotopic (exact) mass is 947 g/mol. The highest BCUT2D eigenvalue weighted by atomic mass is 32.1. The average Bonchev–Trinajstić information content (AvgIpc) is 3.92. The highest BCUT2D eigenvalue weighted by molar-refractivity contribution is 7.10. The van der Waals surface area contributed by atoms with Crippen molar-refractivity contribution in [3.63, 3.8) is 0 Å². The zero-order valence-electron chi connectivity index (χ0n) is 39.7. The molecule has 17 nitrogen and oxygen atoms in total. The summed E-state index contributed by atoms with van der Waals surface area (Å²) in [5.41, 5.74) is 6.14. The fourth-order valence-corrected chi connectivity index (χ4v) is 9.35. The minimum atomic E-state index is -1.11. The van der Waals surface area contributed by atoms with Gasteiger partial charge in [0.15, 0.2) is 0 Å². The highest BCUT2D eigenvalue weighted by Crippen LogP contribution is 2.43. The molecule has 5 aromatic rings. The van der Waals surface area contributed by atoms with E-state index in [-0.39, 0.29) is 32.3 Å². The summed E-state index contributed by atoms with van der Waals surface area (Å²) < 4.78 is 13.2. The molecule has 5 heterocycles. The summed E-state index contributed by atoms with van der Waals surface area (Å²) in [6.07, 6.45) is 1.93. The number of carboxylic acid groups (broad SMARTS) is 1. The number of nitrogens with zero attached hydrogens (tertiary/aromatic N) is 7. The molecule has 0 saturated carbocycles. The molecule has 0 spiro atoms. The third-order valence-corrected chi connectivity index (χ3v) is 12.9. The van der Waals surface area contributed by atoms with Crippen molar-refractivity contribution in [3.05, 3.63) is 88.4 Å². The molecule has 18 heteroatoms. The van der Waals surface area contributed by atoms with Crippen LogP contribution in [0.1, 0.15) is 77.4 Å². The van der Waals surface area contributed by atoms with Crippen molar-refractivity contribution in [1.82, 2.24) is 35.2 Å². The first-order valence-electron chi connectivity index (χ1n) is 22.9. The Hall–Kier alpha value is -6.55. The Morgan fingerprint density at radius 1 is 0.971 bits per heavy atom. The van der Waals surface area contributed by atoms with Crippen molar-refractivity contribution < 1.29 is 38.9 Å². The summed E-state index contributed by atoms with van der Waals surface area (Å²) in [5, 5.41) is 38.3. The fourth-order valence-electron chi connectivity index (χ4n) is 8.50. The summed E-state index contributed by atoms with van der Waals surface area (Å²) in [5.74, 6) is -0.852. The number of thiazole rings is 1. The summed E-state index contributed by atoms with van der Waals surface area (Å²) in [7, 11) is 0. The molecular weight excluding hydrogens is 887 g/mol. The Labute approximate surface area is 400 Å². The average molecular weight is 948 g/mol. The number of nitriles is 1. The standard InChI is InChI=1S/C50H61N9O8S/c1-48(2,3)67-46(64)54-38(44(61)58-19-11-14-37(55-58)45(62)63)26-42-53-39(29-68-42)33-15-16-40-35(24-33)36(27-49(4,5)31-60)43(59(40)50(6,7)30-51)34-17-18-52-41(25-34)56-20-22-57(23-21-56)47(65)66-28-32-12-9-8-10-13-32/h8-10,12-13,15-18,24-25,29,37-38,55,60H,11,14,19-23,26-28,31H2,1-7H3,(H,54,64)(H,62,63)/t37-,38-/m0/s1. The zero-order chi connectivity index (χ0) is 49.0. The van der Waals surface area contributed by atoms with Gasteiger partial charge in [0, 0.05) is 73.8 Å². The first-order valence-corrected chi connectivity index (χ1v) is 23.8. The van der Waals surface area contributed by atoms with E-state index in [2.05, 4.69) is 26.3 Å². The maximum atomic E-state index is 13.9. The number of amides is 3. The molecule has 0 unspecified atom stereocenters. The Morgan fingerprint density at radius 3 is 2.38 bits per heavy atom. The van der Waals surface area contributed by atoms with Gasteiger partial charge in [-0.25, -0.2) is 25.0 Å². The van der Waals surface area contributed by atoms with Gasteiger partial charge in [0.2, 0.25) is 0 Å². The number of aliphatic carboxylic acids is 1. The Balaban J connectivity index is 1.20. The molecule has 2 aliphatic heterocycles. The van der Waals surface area contributed by atoms with Crippen molar-refractivity contribution in [2.45, 2.75) is 104 Å². The number of rotatable bonds is 14. The largest absolute Gasteiger partial charge is 0.480 e. The molecule has 0 radical (unpaired) electrons. The fraction of sp³-hybridized carbons (Fsp3) is 0.460. The Morgan fingerprint density at radius 2 is 1.71 bits per heavy atom. The van der Waals surface area contributed by atoms with Crippen LogP contribution in [0, 0.1) is 16.7 Å². The second-order valence-electron chi connectivity index (χ2n) is 19.7. The number of ether oxygens (including phenoxy) is 2. The first kappa shape index (κ1) is 49.4. The van der Waals surface area contributed by atoms with E-state index in [4.69, 9.17) is 19.4 Å². The van der Waals surface area contributed by atoms with Crippen LogP contribution in [0.15, 0.2) is 72.2 Å². The van der Waals surface area contributed by atoms with Crippen molar-refractivity contribution >= 4 is 52.1 Å². The van der Waals surface area contributed by atoms with Gasteiger partial charge in [0.25, 0.3) is 5.91 Å². The molecule has 68 heavy (non-hydrogen) atoms. The van der Waals surface area contributed by atoms with Crippen molar-refractivity contribution in [2.75, 3.05) is 44.2 Å². The van der Waals surface area contributed by atoms with Crippen LogP contribution in [0.4, 0.5) is 15.4 Å². The SMILES string of the molecule is CC(C)(CO)Cc1c(-c2ccnc(N3CCN(C(=O)OCc4ccccc4)CC3)c2)n(C(C)(C)C#N)c2ccc(-c3csc(C[C@H](NC(=O)OC(C)(C)C)C(=O)N4CCC[C@@H](C(=O)O)N4)n3)cc12. The van der Waals surface area contributed by atoms with Gasteiger partial charge < -0.3 is 39.4 Å². The van der Waals surface area contributed by atoms with Crippen LogP contribution in [0.2, 0.25) is 0 Å². The number of aliphatic hydroxyl groups is 1. The Kier molecular flexibility index (Phi) is 14.8. The minimum Gasteiger partial charge on any atom is -0.480 e. The van der Waals surface area contributed by atoms with Crippen molar-refractivity contribution in [3.8, 4) is 28.6 Å². The number of carbonyl (C=O) groups excluding carboxylic acids is 3. The summed E-state index contributed by atoms with van der Waals surface area (Å²) in [6.45, 7) is 15.3. The van der Waals surface area contributed by atoms with E-state index in [0.29, 0.717) is 56.1 Å². The molecule has 2 atom stereocenters. The van der Waals surface area contributed by atoms with Gasteiger partial charge in [0.1, 0.15) is 35.6 Å². The van der Waals surface area contributed by atoms with E-state index in [0.717, 1.165) is 44.7 Å². The van der Waals surface area contributed by atoms with Gasteiger partial charge in [-0.1, -0.05) is 50.2 Å². The van der Waals surface area contributed by atoms with Crippen LogP contribution in [0.3, 0.4) is 0 Å². The van der Waals surface area contributed by atoms with Gasteiger partial charge in [0.05, 0.1) is 28.0 Å². The number of nitrogens with one attached hydrogen (secondary N) is 2. The molecule has 2 saturated heterocycles. The number of hydrogen-bond donors (Lipinski definition) is 4. The van der Waals surface area contributed by atoms with Crippen LogP contribution < -0.4 is 15.6 Å². The third-order valence-electron chi connectivity index (χ3n) is 12.0. The van der Waals surface area contributed by atoms with Crippen LogP contribution in [-0.4, -0.2) is 116 Å². The highest BCUT2D eigenvalue weighted by Gasteiger charge is 2.35. The van der Waals surface area contributed by atoms with E-state index < -0.39 is 46.6 Å². The van der Waals surface area contributed by atoms with E-state index >= 15 is 0 Å². The van der Waals surface area contributed by atoms with E-state index in [1.54, 1.807) is 31.9 Å². The van der Waals surface area contributed by atoms with Crippen LogP contribution in [0.25, 0.3) is 33.4 Å². The lowest BCUT2D eigenvalue weighted by Gasteiger charge is -2.35. The third kappa shape index (κ3) is 11.6. The van der Waals surface area contributed by atoms with Gasteiger partial charge >= 0.3 is 18.2 Å². The smallest absolute Gasteiger partial charge is 0.410 e. The topological polar surface area (TPSA) is 215 Å². The number of carbonyl (C=O) groups is 4. The number of benzene rings is 2. The molecule has 0 aliphatic carbocycles. The van der Waals surface area contributed by atoms with E-state index in [1.807, 2.05) is 93.7 Å². The summed E-state index contributed by atoms with van der Waals surface area (Å²) >= 11 is 1.33. The molecule has 7 rings (SSSR count). The lowest BCUT2D eigenvalue weighted by Crippen LogP contribution is -2.60. The maximum absolute atomic E-state index is 13.9. The number of aliphatic hydroxyl groups excluding tert-OH is 1. The molecule has 2 aliphatic rings. The van der Waals surface area contributed by atoms with Crippen LogP contribution >= 0.6 is 11.3 Å². The molecule has 0 bridgehead atoms. The lowest BCUT2D eigenvalue weighted by atomic mass is 9.84. The number of piperazine rings is 1. The van der Waals surface area contributed by atoms with Gasteiger partial charge in [-0.05, 0) is 94.7 Å². The second-order valence-corrected chi connectivity index (χ2v) is 20.6. The van der Waals surface area contributed by atoms with E-state index in [1.165, 1.54) is 16.3 Å². The molecule has 2 fully saturated rings. The minimum absolute atomic E-state index is 0.0193. The van der Waals surface area contributed by atoms with Gasteiger partial charge in [-0.15, -0.1) is 11.3 Å². The van der Waals surface area contributed by atoms with Crippen LogP contribution in [0.5, 0.6) is 0 Å². The number of alkyl carbamates (subject to hydrolysis) is 1. The number of anilines is 1. The van der Waals surface area contributed by atoms with E-state index in [9.17, 15) is 34.7 Å². The predicted octanol–water partition coefficient (Wildman–Crippen LogP) is 7.12. The number of pyridine rings is 1. The van der Waals surface area contributed by atoms with Crippen molar-refractivity contribution in [1.29, 1.82) is 5.26 Å². The van der Waals surface area contributed by atoms with Crippen LogP contribution in [-0.2, 0) is 44.1 Å². The second kappa shape index (κ2) is 20.4. The summed E-state index contributed by atoms with van der Waals surface area (Å²) in [6, 6.07) is 20.0. The molecule has 2 aromatic carbocycles. The predicted molar refractivity (Wildman–Crippen MR) is 259 cm³/mol. The molecule has 360 valence electrons. The van der Waals surface area contributed by atoms with Gasteiger partial charge in [-0.2, -0.15) is 5.26 Å². The normalized spacial score (nSPS) is 16.3. The number of hydrazine groups is 1. The number of hydrogen-bond acceptors (Lipinski definition) is 13. The number of fused-ring (bicyclic) bond motifs is 1. The Bertz CT molecular complexity index is 2680. The zero-order valence-corrected chi connectivity index (χ0v) is 40.6. The molecule has 4 N–H and O–H groups in total.